The maximum Gasteiger partial charge on any atom is 0.416 e. The van der Waals surface area contributed by atoms with Crippen molar-refractivity contribution in [1.29, 1.82) is 0 Å². The fourth-order valence-corrected chi connectivity index (χ4v) is 2.89. The van der Waals surface area contributed by atoms with Gasteiger partial charge in [0.25, 0.3) is 5.56 Å². The molecule has 0 saturated heterocycles. The first-order valence-corrected chi connectivity index (χ1v) is 8.72. The van der Waals surface area contributed by atoms with Crippen LogP contribution in [0.15, 0.2) is 88.8 Å². The molecule has 0 N–H and O–H groups in total. The second kappa shape index (κ2) is 7.35. The van der Waals surface area contributed by atoms with Crippen LogP contribution in [0, 0.1) is 0 Å². The molecule has 4 rings (SSSR count). The van der Waals surface area contributed by atoms with E-state index in [0.717, 1.165) is 16.8 Å². The van der Waals surface area contributed by atoms with Crippen LogP contribution in [0.3, 0.4) is 0 Å². The highest BCUT2D eigenvalue weighted by atomic mass is 19.4. The molecule has 0 radical (unpaired) electrons. The summed E-state index contributed by atoms with van der Waals surface area (Å²) in [5.74, 6) is 0.345. The quantitative estimate of drug-likeness (QED) is 0.462. The Kier molecular flexibility index (Phi) is 4.72. The van der Waals surface area contributed by atoms with Crippen molar-refractivity contribution in [3.8, 4) is 11.4 Å². The predicted octanol–water partition coefficient (Wildman–Crippen LogP) is 4.96. The van der Waals surface area contributed by atoms with Crippen molar-refractivity contribution in [2.75, 3.05) is 0 Å². The zero-order valence-corrected chi connectivity index (χ0v) is 15.0. The van der Waals surface area contributed by atoms with Gasteiger partial charge in [-0.25, -0.2) is 4.98 Å². The highest BCUT2D eigenvalue weighted by Crippen LogP contribution is 2.29. The number of rotatable bonds is 3. The van der Waals surface area contributed by atoms with E-state index in [0.29, 0.717) is 27.9 Å². The van der Waals surface area contributed by atoms with Gasteiger partial charge in [0.2, 0.25) is 0 Å². The first kappa shape index (κ1) is 18.6. The summed E-state index contributed by atoms with van der Waals surface area (Å²) in [6.07, 6.45) is -3.07. The van der Waals surface area contributed by atoms with Crippen molar-refractivity contribution in [2.45, 2.75) is 6.18 Å². The molecule has 0 atom stereocenters. The molecule has 0 saturated carbocycles. The van der Waals surface area contributed by atoms with E-state index in [1.165, 1.54) is 18.3 Å². The van der Waals surface area contributed by atoms with Crippen LogP contribution < -0.4 is 5.56 Å². The lowest BCUT2D eigenvalue weighted by atomic mass is 10.1. The molecule has 144 valence electrons. The standard InChI is InChI=1S/C22H14F3N3O/c23-22(24,25)17-12-10-15(11-13-17)14-26-28-20(16-6-2-1-3-7-16)27-19-9-5-4-8-18(19)21(28)29/h1-14H/b26-14+. The molecule has 0 aliphatic rings. The maximum atomic E-state index is 13.0. The van der Waals surface area contributed by atoms with E-state index in [-0.39, 0.29) is 5.56 Å². The van der Waals surface area contributed by atoms with Crippen LogP contribution in [0.1, 0.15) is 11.1 Å². The van der Waals surface area contributed by atoms with Gasteiger partial charge in [-0.05, 0) is 29.8 Å². The molecule has 0 spiro atoms. The number of hydrogen-bond acceptors (Lipinski definition) is 3. The number of para-hydroxylation sites is 1. The van der Waals surface area contributed by atoms with E-state index in [1.54, 1.807) is 36.4 Å². The molecule has 29 heavy (non-hydrogen) atoms. The maximum absolute atomic E-state index is 13.0. The molecule has 0 aliphatic heterocycles. The van der Waals surface area contributed by atoms with Crippen molar-refractivity contribution in [1.82, 2.24) is 9.66 Å². The Labute approximate surface area is 163 Å². The molecule has 7 heteroatoms. The number of aromatic nitrogens is 2. The third-order valence-corrected chi connectivity index (χ3v) is 4.35. The Hall–Kier alpha value is -3.74. The van der Waals surface area contributed by atoms with E-state index < -0.39 is 11.7 Å². The molecule has 0 unspecified atom stereocenters. The van der Waals surface area contributed by atoms with Crippen molar-refractivity contribution in [3.63, 3.8) is 0 Å². The van der Waals surface area contributed by atoms with Crippen LogP contribution in [-0.2, 0) is 6.18 Å². The molecule has 4 aromatic rings. The summed E-state index contributed by atoms with van der Waals surface area (Å²) >= 11 is 0. The lowest BCUT2D eigenvalue weighted by Gasteiger charge is -2.09. The van der Waals surface area contributed by atoms with E-state index in [9.17, 15) is 18.0 Å². The average molecular weight is 393 g/mol. The summed E-state index contributed by atoms with van der Waals surface area (Å²) in [7, 11) is 0. The highest BCUT2D eigenvalue weighted by molar-refractivity contribution is 5.82. The Balaban J connectivity index is 1.83. The minimum Gasteiger partial charge on any atom is -0.267 e. The van der Waals surface area contributed by atoms with E-state index in [1.807, 2.05) is 18.2 Å². The normalized spacial score (nSPS) is 12.0. The lowest BCUT2D eigenvalue weighted by Crippen LogP contribution is -2.20. The molecule has 4 nitrogen and oxygen atoms in total. The fraction of sp³-hybridized carbons (Fsp3) is 0.0455. The minimum absolute atomic E-state index is 0.345. The number of fused-ring (bicyclic) bond motifs is 1. The van der Waals surface area contributed by atoms with Crippen LogP contribution >= 0.6 is 0 Å². The first-order chi connectivity index (χ1) is 13.9. The number of alkyl halides is 3. The Bertz CT molecular complexity index is 1240. The van der Waals surface area contributed by atoms with Crippen molar-refractivity contribution >= 4 is 17.1 Å². The highest BCUT2D eigenvalue weighted by Gasteiger charge is 2.29. The minimum atomic E-state index is -4.41. The number of halogens is 3. The van der Waals surface area contributed by atoms with Gasteiger partial charge in [0, 0.05) is 5.56 Å². The zero-order valence-electron chi connectivity index (χ0n) is 15.0. The topological polar surface area (TPSA) is 47.2 Å². The van der Waals surface area contributed by atoms with E-state index in [4.69, 9.17) is 0 Å². The van der Waals surface area contributed by atoms with Crippen LogP contribution in [0.2, 0.25) is 0 Å². The van der Waals surface area contributed by atoms with E-state index in [2.05, 4.69) is 10.1 Å². The molecule has 3 aromatic carbocycles. The third-order valence-electron chi connectivity index (χ3n) is 4.35. The van der Waals surface area contributed by atoms with Gasteiger partial charge in [0.15, 0.2) is 5.82 Å². The number of benzene rings is 3. The zero-order chi connectivity index (χ0) is 20.4. The average Bonchev–Trinajstić information content (AvgIpc) is 2.73. The lowest BCUT2D eigenvalue weighted by molar-refractivity contribution is -0.137. The summed E-state index contributed by atoms with van der Waals surface area (Å²) in [4.78, 5) is 17.6. The molecular weight excluding hydrogens is 379 g/mol. The molecule has 0 amide bonds. The van der Waals surface area contributed by atoms with Gasteiger partial charge in [-0.2, -0.15) is 22.9 Å². The van der Waals surface area contributed by atoms with Gasteiger partial charge in [-0.3, -0.25) is 4.79 Å². The van der Waals surface area contributed by atoms with Gasteiger partial charge in [-0.1, -0.05) is 54.6 Å². The van der Waals surface area contributed by atoms with Gasteiger partial charge in [0.1, 0.15) is 0 Å². The van der Waals surface area contributed by atoms with Gasteiger partial charge in [-0.15, -0.1) is 0 Å². The summed E-state index contributed by atoms with van der Waals surface area (Å²) < 4.78 is 39.3. The Morgan fingerprint density at radius 3 is 2.21 bits per heavy atom. The smallest absolute Gasteiger partial charge is 0.267 e. The van der Waals surface area contributed by atoms with Crippen LogP contribution in [0.4, 0.5) is 13.2 Å². The summed E-state index contributed by atoms with van der Waals surface area (Å²) in [5, 5.41) is 4.63. The SMILES string of the molecule is O=c1c2ccccc2nc(-c2ccccc2)n1/N=C/c1ccc(C(F)(F)F)cc1. The number of hydrogen-bond donors (Lipinski definition) is 0. The van der Waals surface area contributed by atoms with Crippen molar-refractivity contribution < 1.29 is 13.2 Å². The first-order valence-electron chi connectivity index (χ1n) is 8.72. The molecule has 0 fully saturated rings. The Morgan fingerprint density at radius 1 is 0.862 bits per heavy atom. The van der Waals surface area contributed by atoms with E-state index >= 15 is 0 Å². The molecule has 0 aliphatic carbocycles. The molecule has 1 heterocycles. The molecule has 0 bridgehead atoms. The van der Waals surface area contributed by atoms with Crippen LogP contribution in [0.5, 0.6) is 0 Å². The number of nitrogens with zero attached hydrogens (tertiary/aromatic N) is 3. The largest absolute Gasteiger partial charge is 0.416 e. The third kappa shape index (κ3) is 3.80. The summed E-state index contributed by atoms with van der Waals surface area (Å²) in [6, 6.07) is 20.6. The van der Waals surface area contributed by atoms with Crippen LogP contribution in [0.25, 0.3) is 22.3 Å². The van der Waals surface area contributed by atoms with Crippen LogP contribution in [-0.4, -0.2) is 15.9 Å². The monoisotopic (exact) mass is 393 g/mol. The summed E-state index contributed by atoms with van der Waals surface area (Å²) in [6.45, 7) is 0. The van der Waals surface area contributed by atoms with Gasteiger partial charge < -0.3 is 0 Å². The summed E-state index contributed by atoms with van der Waals surface area (Å²) in [5.41, 5.74) is 0.552. The predicted molar refractivity (Wildman–Crippen MR) is 106 cm³/mol. The second-order valence-electron chi connectivity index (χ2n) is 6.30. The van der Waals surface area contributed by atoms with Crippen molar-refractivity contribution in [3.05, 3.63) is 100 Å². The second-order valence-corrected chi connectivity index (χ2v) is 6.30. The fourth-order valence-electron chi connectivity index (χ4n) is 2.89. The van der Waals surface area contributed by atoms with Crippen molar-refractivity contribution in [2.24, 2.45) is 5.10 Å². The molecular formula is C22H14F3N3O. The Morgan fingerprint density at radius 2 is 1.52 bits per heavy atom. The van der Waals surface area contributed by atoms with Gasteiger partial charge in [0.05, 0.1) is 22.7 Å². The molecule has 1 aromatic heterocycles. The van der Waals surface area contributed by atoms with Gasteiger partial charge >= 0.3 is 6.18 Å².